The maximum atomic E-state index is 11.7. The van der Waals surface area contributed by atoms with E-state index in [0.29, 0.717) is 11.4 Å². The molecule has 0 aliphatic rings. The second kappa shape index (κ2) is 7.12. The van der Waals surface area contributed by atoms with Crippen LogP contribution in [0.1, 0.15) is 18.1 Å². The molecule has 0 aliphatic carbocycles. The second-order valence-electron chi connectivity index (χ2n) is 4.69. The number of hydrogen-bond donors (Lipinski definition) is 2. The summed E-state index contributed by atoms with van der Waals surface area (Å²) in [6, 6.07) is 10.7. The standard InChI is InChI=1S/C16H16N4O2/c1-11-3-5-14(6-4-11)18-15(21)16(22)20-19-12(2)13-7-9-17-10-8-13/h3-10H,1-2H3,(H,18,21)(H,20,22)/b19-12-. The van der Waals surface area contributed by atoms with Crippen molar-refractivity contribution in [3.63, 3.8) is 0 Å². The number of carbonyl (C=O) groups is 2. The molecule has 0 saturated carbocycles. The van der Waals surface area contributed by atoms with Crippen molar-refractivity contribution in [2.75, 3.05) is 5.32 Å². The lowest BCUT2D eigenvalue weighted by molar-refractivity contribution is -0.136. The van der Waals surface area contributed by atoms with E-state index in [1.165, 1.54) is 0 Å². The summed E-state index contributed by atoms with van der Waals surface area (Å²) in [5.74, 6) is -1.59. The zero-order valence-electron chi connectivity index (χ0n) is 12.3. The second-order valence-corrected chi connectivity index (χ2v) is 4.69. The maximum Gasteiger partial charge on any atom is 0.329 e. The molecule has 0 saturated heterocycles. The first-order chi connectivity index (χ1) is 10.6. The van der Waals surface area contributed by atoms with Crippen LogP contribution in [0.5, 0.6) is 0 Å². The first-order valence-electron chi connectivity index (χ1n) is 6.69. The van der Waals surface area contributed by atoms with Gasteiger partial charge >= 0.3 is 11.8 Å². The fraction of sp³-hybridized carbons (Fsp3) is 0.125. The monoisotopic (exact) mass is 296 g/mol. The average Bonchev–Trinajstić information content (AvgIpc) is 2.55. The number of hydrazone groups is 1. The summed E-state index contributed by atoms with van der Waals surface area (Å²) in [6.07, 6.45) is 3.25. The Labute approximate surface area is 128 Å². The Kier molecular flexibility index (Phi) is 4.98. The highest BCUT2D eigenvalue weighted by atomic mass is 16.2. The number of aromatic nitrogens is 1. The van der Waals surface area contributed by atoms with Crippen LogP contribution in [0.15, 0.2) is 53.9 Å². The lowest BCUT2D eigenvalue weighted by Crippen LogP contribution is -2.32. The van der Waals surface area contributed by atoms with E-state index in [2.05, 4.69) is 20.8 Å². The summed E-state index contributed by atoms with van der Waals surface area (Å²) in [5.41, 5.74) is 5.25. The van der Waals surface area contributed by atoms with Crippen molar-refractivity contribution in [2.45, 2.75) is 13.8 Å². The summed E-state index contributed by atoms with van der Waals surface area (Å²) >= 11 is 0. The van der Waals surface area contributed by atoms with Gasteiger partial charge in [-0.25, -0.2) is 5.43 Å². The van der Waals surface area contributed by atoms with Crippen molar-refractivity contribution in [3.05, 3.63) is 59.9 Å². The number of nitrogens with zero attached hydrogens (tertiary/aromatic N) is 2. The van der Waals surface area contributed by atoms with E-state index in [9.17, 15) is 9.59 Å². The Bertz CT molecular complexity index is 694. The SMILES string of the molecule is C/C(=N/NC(=O)C(=O)Nc1ccc(C)cc1)c1ccncc1. The predicted molar refractivity (Wildman–Crippen MR) is 84.4 cm³/mol. The molecule has 112 valence electrons. The molecule has 22 heavy (non-hydrogen) atoms. The van der Waals surface area contributed by atoms with Crippen LogP contribution in [0.25, 0.3) is 0 Å². The molecule has 1 aromatic heterocycles. The molecule has 6 nitrogen and oxygen atoms in total. The number of amides is 2. The third kappa shape index (κ3) is 4.24. The fourth-order valence-corrected chi connectivity index (χ4v) is 1.67. The van der Waals surface area contributed by atoms with E-state index in [-0.39, 0.29) is 0 Å². The maximum absolute atomic E-state index is 11.7. The minimum Gasteiger partial charge on any atom is -0.318 e. The van der Waals surface area contributed by atoms with E-state index < -0.39 is 11.8 Å². The summed E-state index contributed by atoms with van der Waals surface area (Å²) in [5, 5.41) is 6.40. The quantitative estimate of drug-likeness (QED) is 0.515. The summed E-state index contributed by atoms with van der Waals surface area (Å²) in [6.45, 7) is 3.67. The lowest BCUT2D eigenvalue weighted by atomic mass is 10.2. The first kappa shape index (κ1) is 15.4. The summed E-state index contributed by atoms with van der Waals surface area (Å²) in [7, 11) is 0. The number of pyridine rings is 1. The first-order valence-corrected chi connectivity index (χ1v) is 6.69. The smallest absolute Gasteiger partial charge is 0.318 e. The van der Waals surface area contributed by atoms with Crippen LogP contribution in [0.3, 0.4) is 0 Å². The van der Waals surface area contributed by atoms with E-state index in [1.807, 2.05) is 19.1 Å². The van der Waals surface area contributed by atoms with Gasteiger partial charge < -0.3 is 5.32 Å². The molecule has 2 N–H and O–H groups in total. The Balaban J connectivity index is 1.94. The highest BCUT2D eigenvalue weighted by Crippen LogP contribution is 2.08. The van der Waals surface area contributed by atoms with E-state index in [0.717, 1.165) is 11.1 Å². The zero-order chi connectivity index (χ0) is 15.9. The van der Waals surface area contributed by atoms with Crippen LogP contribution in [0, 0.1) is 6.92 Å². The van der Waals surface area contributed by atoms with Crippen LogP contribution in [0.4, 0.5) is 5.69 Å². The van der Waals surface area contributed by atoms with Crippen LogP contribution < -0.4 is 10.7 Å². The molecule has 0 aliphatic heterocycles. The van der Waals surface area contributed by atoms with Gasteiger partial charge in [0.2, 0.25) is 0 Å². The van der Waals surface area contributed by atoms with E-state index in [1.54, 1.807) is 43.6 Å². The van der Waals surface area contributed by atoms with Gasteiger partial charge in [-0.05, 0) is 38.1 Å². The van der Waals surface area contributed by atoms with Crippen LogP contribution in [0.2, 0.25) is 0 Å². The molecule has 0 unspecified atom stereocenters. The molecule has 6 heteroatoms. The lowest BCUT2D eigenvalue weighted by Gasteiger charge is -2.05. The minimum atomic E-state index is -0.825. The third-order valence-corrected chi connectivity index (χ3v) is 2.94. The van der Waals surface area contributed by atoms with Crippen LogP contribution in [-0.2, 0) is 9.59 Å². The van der Waals surface area contributed by atoms with Gasteiger partial charge in [0.15, 0.2) is 0 Å². The highest BCUT2D eigenvalue weighted by Gasteiger charge is 2.13. The van der Waals surface area contributed by atoms with E-state index >= 15 is 0 Å². The van der Waals surface area contributed by atoms with Crippen molar-refractivity contribution in [2.24, 2.45) is 5.10 Å². The van der Waals surface area contributed by atoms with Crippen molar-refractivity contribution in [1.29, 1.82) is 0 Å². The molecule has 2 rings (SSSR count). The Morgan fingerprint density at radius 3 is 2.27 bits per heavy atom. The topological polar surface area (TPSA) is 83.5 Å². The number of rotatable bonds is 3. The molecule has 2 aromatic rings. The molecule has 0 fully saturated rings. The predicted octanol–water partition coefficient (Wildman–Crippen LogP) is 1.87. The van der Waals surface area contributed by atoms with Gasteiger partial charge in [-0.15, -0.1) is 0 Å². The Morgan fingerprint density at radius 2 is 1.64 bits per heavy atom. The molecular formula is C16H16N4O2. The minimum absolute atomic E-state index is 0.556. The number of aryl methyl sites for hydroxylation is 1. The number of anilines is 1. The summed E-state index contributed by atoms with van der Waals surface area (Å²) in [4.78, 5) is 27.3. The largest absolute Gasteiger partial charge is 0.329 e. The van der Waals surface area contributed by atoms with Crippen LogP contribution in [-0.4, -0.2) is 22.5 Å². The Morgan fingerprint density at radius 1 is 1.00 bits per heavy atom. The molecule has 0 radical (unpaired) electrons. The molecule has 0 bridgehead atoms. The number of hydrogen-bond acceptors (Lipinski definition) is 4. The third-order valence-electron chi connectivity index (χ3n) is 2.94. The number of carbonyl (C=O) groups excluding carboxylic acids is 2. The Hall–Kier alpha value is -3.02. The van der Waals surface area contributed by atoms with Gasteiger partial charge in [-0.3, -0.25) is 14.6 Å². The summed E-state index contributed by atoms with van der Waals surface area (Å²) < 4.78 is 0. The van der Waals surface area contributed by atoms with Crippen molar-refractivity contribution >= 4 is 23.2 Å². The molecule has 2 amide bonds. The van der Waals surface area contributed by atoms with Gasteiger partial charge in [-0.2, -0.15) is 5.10 Å². The van der Waals surface area contributed by atoms with Gasteiger partial charge in [-0.1, -0.05) is 17.7 Å². The van der Waals surface area contributed by atoms with Crippen LogP contribution >= 0.6 is 0 Å². The highest BCUT2D eigenvalue weighted by molar-refractivity contribution is 6.39. The van der Waals surface area contributed by atoms with Gasteiger partial charge in [0, 0.05) is 23.6 Å². The average molecular weight is 296 g/mol. The number of nitrogens with one attached hydrogen (secondary N) is 2. The van der Waals surface area contributed by atoms with Crippen molar-refractivity contribution in [3.8, 4) is 0 Å². The van der Waals surface area contributed by atoms with E-state index in [4.69, 9.17) is 0 Å². The molecule has 0 atom stereocenters. The molecule has 1 aromatic carbocycles. The molecular weight excluding hydrogens is 280 g/mol. The van der Waals surface area contributed by atoms with Gasteiger partial charge in [0.05, 0.1) is 5.71 Å². The van der Waals surface area contributed by atoms with Gasteiger partial charge in [0.25, 0.3) is 0 Å². The molecule has 1 heterocycles. The fourth-order valence-electron chi connectivity index (χ4n) is 1.67. The van der Waals surface area contributed by atoms with Gasteiger partial charge in [0.1, 0.15) is 0 Å². The van der Waals surface area contributed by atoms with Crippen molar-refractivity contribution in [1.82, 2.24) is 10.4 Å². The van der Waals surface area contributed by atoms with Crippen molar-refractivity contribution < 1.29 is 9.59 Å². The normalized spacial score (nSPS) is 10.9. The molecule has 0 spiro atoms. The zero-order valence-corrected chi connectivity index (χ0v) is 12.3. The number of benzene rings is 1.